The van der Waals surface area contributed by atoms with Crippen LogP contribution in [0.15, 0.2) is 0 Å². The van der Waals surface area contributed by atoms with Gasteiger partial charge in [0, 0.05) is 6.54 Å². The Kier molecular flexibility index (Phi) is 7.26. The van der Waals surface area contributed by atoms with Crippen molar-refractivity contribution in [2.24, 2.45) is 23.7 Å². The van der Waals surface area contributed by atoms with Crippen molar-refractivity contribution in [3.8, 4) is 0 Å². The number of nitrogens with one attached hydrogen (secondary N) is 1. The zero-order valence-corrected chi connectivity index (χ0v) is 15.6. The monoisotopic (exact) mass is 320 g/mol. The maximum atomic E-state index is 3.49. The van der Waals surface area contributed by atoms with Crippen molar-refractivity contribution in [1.29, 1.82) is 0 Å². The topological polar surface area (TPSA) is 15.3 Å². The summed E-state index contributed by atoms with van der Waals surface area (Å²) in [6.07, 6.45) is 16.4. The highest BCUT2D eigenvalue weighted by Crippen LogP contribution is 2.33. The van der Waals surface area contributed by atoms with Crippen LogP contribution in [0.3, 0.4) is 0 Å². The van der Waals surface area contributed by atoms with Crippen LogP contribution in [-0.2, 0) is 0 Å². The van der Waals surface area contributed by atoms with E-state index < -0.39 is 0 Å². The van der Waals surface area contributed by atoms with E-state index in [-0.39, 0.29) is 0 Å². The van der Waals surface area contributed by atoms with E-state index in [4.69, 9.17) is 0 Å². The minimum absolute atomic E-state index is 0.974. The van der Waals surface area contributed by atoms with E-state index in [1.54, 1.807) is 0 Å². The van der Waals surface area contributed by atoms with E-state index in [0.717, 1.165) is 23.7 Å². The Hall–Kier alpha value is -0.0800. The molecule has 134 valence electrons. The molecule has 0 unspecified atom stereocenters. The van der Waals surface area contributed by atoms with Gasteiger partial charge in [-0.15, -0.1) is 0 Å². The van der Waals surface area contributed by atoms with Crippen molar-refractivity contribution in [2.75, 3.05) is 32.7 Å². The predicted molar refractivity (Wildman–Crippen MR) is 99.7 cm³/mol. The quantitative estimate of drug-likeness (QED) is 0.763. The molecule has 0 amide bonds. The molecule has 1 saturated carbocycles. The van der Waals surface area contributed by atoms with Gasteiger partial charge in [-0.2, -0.15) is 0 Å². The average molecular weight is 321 g/mol. The molecule has 1 aliphatic carbocycles. The van der Waals surface area contributed by atoms with Crippen molar-refractivity contribution in [2.45, 2.75) is 77.6 Å². The first kappa shape index (κ1) is 17.7. The Morgan fingerprint density at radius 1 is 0.739 bits per heavy atom. The molecule has 0 radical (unpaired) electrons. The molecule has 0 aromatic heterocycles. The molecule has 2 aliphatic heterocycles. The lowest BCUT2D eigenvalue weighted by atomic mass is 9.80. The third-order valence-corrected chi connectivity index (χ3v) is 7.04. The molecule has 1 N–H and O–H groups in total. The van der Waals surface area contributed by atoms with Crippen molar-refractivity contribution in [3.63, 3.8) is 0 Å². The number of rotatable bonds is 6. The van der Waals surface area contributed by atoms with Crippen LogP contribution < -0.4 is 5.32 Å². The van der Waals surface area contributed by atoms with Gasteiger partial charge in [-0.25, -0.2) is 0 Å². The summed E-state index contributed by atoms with van der Waals surface area (Å²) in [4.78, 5) is 2.77. The maximum absolute atomic E-state index is 3.49. The van der Waals surface area contributed by atoms with Crippen molar-refractivity contribution < 1.29 is 0 Å². The molecule has 0 aromatic rings. The fourth-order valence-corrected chi connectivity index (χ4v) is 5.20. The highest BCUT2D eigenvalue weighted by Gasteiger charge is 2.23. The smallest absolute Gasteiger partial charge is 0.00106 e. The van der Waals surface area contributed by atoms with Gasteiger partial charge in [-0.3, -0.25) is 0 Å². The standard InChI is InChI=1S/C21H40N2/c1-18-5-7-19(8-6-18)3-2-4-20-11-15-23(16-12-20)17-21-9-13-22-14-10-21/h18-22H,2-17H2,1H3. The normalized spacial score (nSPS) is 32.2. The molecule has 2 saturated heterocycles. The molecule has 23 heavy (non-hydrogen) atoms. The first-order valence-electron chi connectivity index (χ1n) is 10.7. The van der Waals surface area contributed by atoms with Crippen LogP contribution in [0.4, 0.5) is 0 Å². The fraction of sp³-hybridized carbons (Fsp3) is 1.00. The van der Waals surface area contributed by atoms with E-state index in [9.17, 15) is 0 Å². The van der Waals surface area contributed by atoms with Gasteiger partial charge in [0.15, 0.2) is 0 Å². The van der Waals surface area contributed by atoms with E-state index >= 15 is 0 Å². The van der Waals surface area contributed by atoms with Crippen molar-refractivity contribution in [3.05, 3.63) is 0 Å². The van der Waals surface area contributed by atoms with Gasteiger partial charge in [0.1, 0.15) is 0 Å². The second-order valence-corrected chi connectivity index (χ2v) is 8.99. The summed E-state index contributed by atoms with van der Waals surface area (Å²) in [5.74, 6) is 4.10. The van der Waals surface area contributed by atoms with Crippen LogP contribution in [0.2, 0.25) is 0 Å². The third-order valence-electron chi connectivity index (χ3n) is 7.04. The lowest BCUT2D eigenvalue weighted by molar-refractivity contribution is 0.142. The van der Waals surface area contributed by atoms with E-state index in [2.05, 4.69) is 17.1 Å². The molecule has 2 heteroatoms. The molecule has 0 spiro atoms. The number of likely N-dealkylation sites (tertiary alicyclic amines) is 1. The second-order valence-electron chi connectivity index (χ2n) is 8.99. The van der Waals surface area contributed by atoms with Gasteiger partial charge < -0.3 is 10.2 Å². The Balaban J connectivity index is 1.24. The predicted octanol–water partition coefficient (Wildman–Crippen LogP) is 4.69. The molecular weight excluding hydrogens is 280 g/mol. The largest absolute Gasteiger partial charge is 0.317 e. The molecule has 0 aromatic carbocycles. The summed E-state index contributed by atoms with van der Waals surface area (Å²) in [6.45, 7) is 9.09. The summed E-state index contributed by atoms with van der Waals surface area (Å²) >= 11 is 0. The Bertz CT molecular complexity index is 308. The van der Waals surface area contributed by atoms with Crippen molar-refractivity contribution in [1.82, 2.24) is 10.2 Å². The molecular formula is C21H40N2. The molecule has 0 bridgehead atoms. The Labute approximate surface area is 144 Å². The summed E-state index contributed by atoms with van der Waals surface area (Å²) in [5.41, 5.74) is 0. The van der Waals surface area contributed by atoms with Gasteiger partial charge in [-0.1, -0.05) is 51.9 Å². The van der Waals surface area contributed by atoms with Gasteiger partial charge >= 0.3 is 0 Å². The van der Waals surface area contributed by atoms with Gasteiger partial charge in [0.05, 0.1) is 0 Å². The Morgan fingerprint density at radius 3 is 2.00 bits per heavy atom. The highest BCUT2D eigenvalue weighted by molar-refractivity contribution is 4.78. The van der Waals surface area contributed by atoms with Crippen LogP contribution in [0.5, 0.6) is 0 Å². The molecule has 2 nitrogen and oxygen atoms in total. The highest BCUT2D eigenvalue weighted by atomic mass is 15.1. The molecule has 2 heterocycles. The van der Waals surface area contributed by atoms with E-state index in [1.807, 2.05) is 0 Å². The molecule has 0 atom stereocenters. The van der Waals surface area contributed by atoms with Gasteiger partial charge in [0.2, 0.25) is 0 Å². The number of hydrogen-bond donors (Lipinski definition) is 1. The van der Waals surface area contributed by atoms with E-state index in [0.29, 0.717) is 0 Å². The minimum atomic E-state index is 0.974. The molecule has 3 fully saturated rings. The summed E-state index contributed by atoms with van der Waals surface area (Å²) < 4.78 is 0. The van der Waals surface area contributed by atoms with Crippen LogP contribution in [0, 0.1) is 23.7 Å². The van der Waals surface area contributed by atoms with Gasteiger partial charge in [-0.05, 0) is 75.5 Å². The second kappa shape index (κ2) is 9.42. The molecule has 3 aliphatic rings. The summed E-state index contributed by atoms with van der Waals surface area (Å²) in [6, 6.07) is 0. The maximum Gasteiger partial charge on any atom is 0.00106 e. The minimum Gasteiger partial charge on any atom is -0.317 e. The Morgan fingerprint density at radius 2 is 1.35 bits per heavy atom. The third kappa shape index (κ3) is 6.05. The first-order chi connectivity index (χ1) is 11.3. The van der Waals surface area contributed by atoms with Crippen LogP contribution >= 0.6 is 0 Å². The zero-order chi connectivity index (χ0) is 15.9. The number of nitrogens with zero attached hydrogens (tertiary/aromatic N) is 1. The lowest BCUT2D eigenvalue weighted by Crippen LogP contribution is -2.40. The first-order valence-corrected chi connectivity index (χ1v) is 10.7. The average Bonchev–Trinajstić information content (AvgIpc) is 2.59. The van der Waals surface area contributed by atoms with Crippen LogP contribution in [0.25, 0.3) is 0 Å². The van der Waals surface area contributed by atoms with Crippen LogP contribution in [-0.4, -0.2) is 37.6 Å². The fourth-order valence-electron chi connectivity index (χ4n) is 5.20. The van der Waals surface area contributed by atoms with E-state index in [1.165, 1.54) is 103 Å². The zero-order valence-electron chi connectivity index (χ0n) is 15.6. The molecule has 3 rings (SSSR count). The SMILES string of the molecule is CC1CCC(CCCC2CCN(CC3CCNCC3)CC2)CC1. The number of hydrogen-bond acceptors (Lipinski definition) is 2. The number of piperidine rings is 2. The summed E-state index contributed by atoms with van der Waals surface area (Å²) in [5, 5.41) is 3.49. The van der Waals surface area contributed by atoms with Gasteiger partial charge in [0.25, 0.3) is 0 Å². The lowest BCUT2D eigenvalue weighted by Gasteiger charge is -2.35. The van der Waals surface area contributed by atoms with Crippen LogP contribution in [0.1, 0.15) is 77.6 Å². The summed E-state index contributed by atoms with van der Waals surface area (Å²) in [7, 11) is 0. The van der Waals surface area contributed by atoms with Crippen molar-refractivity contribution >= 4 is 0 Å².